The van der Waals surface area contributed by atoms with Crippen molar-refractivity contribution < 1.29 is 9.53 Å². The first kappa shape index (κ1) is 9.94. The number of allylic oxidation sites excluding steroid dienone is 1. The van der Waals surface area contributed by atoms with Crippen LogP contribution in [-0.4, -0.2) is 12.6 Å². The molecule has 58 valence electrons. The molecule has 0 N–H and O–H groups in total. The van der Waals surface area contributed by atoms with Crippen LogP contribution in [0.3, 0.4) is 0 Å². The van der Waals surface area contributed by atoms with Crippen molar-refractivity contribution in [2.24, 2.45) is 0 Å². The van der Waals surface area contributed by atoms with Gasteiger partial charge >= 0.3 is 5.97 Å². The number of halogens is 1. The molecule has 0 saturated carbocycles. The fraction of sp³-hybridized carbons (Fsp3) is 0.571. The first-order valence-electron chi connectivity index (χ1n) is 3.25. The average molecular weight is 254 g/mol. The molecule has 0 unspecified atom stereocenters. The molecule has 0 bridgehead atoms. The van der Waals surface area contributed by atoms with E-state index in [1.807, 2.05) is 35.6 Å². The maximum absolute atomic E-state index is 10.8. The van der Waals surface area contributed by atoms with E-state index in [4.69, 9.17) is 4.74 Å². The molecule has 10 heavy (non-hydrogen) atoms. The van der Waals surface area contributed by atoms with Gasteiger partial charge in [-0.25, -0.2) is 4.79 Å². The third kappa shape index (κ3) is 3.87. The largest absolute Gasteiger partial charge is 0.462 e. The molecule has 0 aromatic heterocycles. The Morgan fingerprint density at radius 1 is 1.60 bits per heavy atom. The smallest absolute Gasteiger partial charge is 0.344 e. The minimum atomic E-state index is -0.218. The summed E-state index contributed by atoms with van der Waals surface area (Å²) in [6, 6.07) is 0. The van der Waals surface area contributed by atoms with Gasteiger partial charge in [0.05, 0.1) is 10.2 Å². The Bertz CT molecular complexity index is 141. The van der Waals surface area contributed by atoms with Crippen LogP contribution in [0.2, 0.25) is 0 Å². The molecule has 0 saturated heterocycles. The van der Waals surface area contributed by atoms with Crippen LogP contribution in [0.5, 0.6) is 0 Å². The van der Waals surface area contributed by atoms with Gasteiger partial charge in [-0.15, -0.1) is 0 Å². The molecular weight excluding hydrogens is 243 g/mol. The Balaban J connectivity index is 3.82. The second kappa shape index (κ2) is 5.70. The Morgan fingerprint density at radius 3 is 2.60 bits per heavy atom. The van der Waals surface area contributed by atoms with Gasteiger partial charge in [-0.3, -0.25) is 0 Å². The van der Waals surface area contributed by atoms with Gasteiger partial charge in [0.1, 0.15) is 0 Å². The molecular formula is C7H11IO2. The summed E-state index contributed by atoms with van der Waals surface area (Å²) in [5.74, 6) is -0.218. The maximum Gasteiger partial charge on any atom is 0.344 e. The fourth-order valence-corrected chi connectivity index (χ4v) is 1.06. The SMILES string of the molecule is CC/C=C(/I)C(=O)OCC. The van der Waals surface area contributed by atoms with E-state index in [-0.39, 0.29) is 5.97 Å². The summed E-state index contributed by atoms with van der Waals surface area (Å²) in [4.78, 5) is 10.8. The van der Waals surface area contributed by atoms with Gasteiger partial charge in [-0.1, -0.05) is 13.0 Å². The highest BCUT2D eigenvalue weighted by atomic mass is 127. The van der Waals surface area contributed by atoms with Gasteiger partial charge in [-0.05, 0) is 35.9 Å². The first-order chi connectivity index (χ1) is 4.72. The first-order valence-corrected chi connectivity index (χ1v) is 4.33. The quantitative estimate of drug-likeness (QED) is 0.438. The fourth-order valence-electron chi connectivity index (χ4n) is 0.463. The van der Waals surface area contributed by atoms with Gasteiger partial charge in [-0.2, -0.15) is 0 Å². The highest BCUT2D eigenvalue weighted by Crippen LogP contribution is 2.08. The highest BCUT2D eigenvalue weighted by Gasteiger charge is 2.03. The Morgan fingerprint density at radius 2 is 2.20 bits per heavy atom. The Hall–Kier alpha value is -0.0600. The van der Waals surface area contributed by atoms with Gasteiger partial charge in [0.25, 0.3) is 0 Å². The van der Waals surface area contributed by atoms with Crippen molar-refractivity contribution in [1.29, 1.82) is 0 Å². The summed E-state index contributed by atoms with van der Waals surface area (Å²) in [6.45, 7) is 4.23. The number of hydrogen-bond acceptors (Lipinski definition) is 2. The zero-order valence-corrected chi connectivity index (χ0v) is 8.34. The maximum atomic E-state index is 10.8. The number of carbonyl (C=O) groups excluding carboxylic acids is 1. The molecule has 0 heterocycles. The van der Waals surface area contributed by atoms with E-state index in [0.717, 1.165) is 6.42 Å². The van der Waals surface area contributed by atoms with Crippen LogP contribution in [0, 0.1) is 0 Å². The molecule has 0 amide bonds. The van der Waals surface area contributed by atoms with Gasteiger partial charge in [0, 0.05) is 0 Å². The molecule has 0 aliphatic heterocycles. The van der Waals surface area contributed by atoms with Crippen molar-refractivity contribution >= 4 is 28.6 Å². The summed E-state index contributed by atoms with van der Waals surface area (Å²) in [6.07, 6.45) is 2.72. The predicted molar refractivity (Wildman–Crippen MR) is 49.0 cm³/mol. The lowest BCUT2D eigenvalue weighted by molar-refractivity contribution is -0.137. The van der Waals surface area contributed by atoms with Crippen LogP contribution in [0.4, 0.5) is 0 Å². The number of ether oxygens (including phenoxy) is 1. The Kier molecular flexibility index (Phi) is 5.67. The molecule has 0 fully saturated rings. The molecule has 0 aliphatic carbocycles. The van der Waals surface area contributed by atoms with E-state index in [2.05, 4.69) is 0 Å². The lowest BCUT2D eigenvalue weighted by Crippen LogP contribution is -2.02. The minimum absolute atomic E-state index is 0.218. The van der Waals surface area contributed by atoms with E-state index in [9.17, 15) is 4.79 Å². The minimum Gasteiger partial charge on any atom is -0.462 e. The van der Waals surface area contributed by atoms with Crippen LogP contribution in [0.25, 0.3) is 0 Å². The summed E-state index contributed by atoms with van der Waals surface area (Å²) in [5.41, 5.74) is 0. The van der Waals surface area contributed by atoms with E-state index >= 15 is 0 Å². The number of rotatable bonds is 3. The Labute approximate surface area is 74.8 Å². The lowest BCUT2D eigenvalue weighted by atomic mass is 10.4. The third-order valence-corrected chi connectivity index (χ3v) is 1.73. The normalized spacial score (nSPS) is 11.3. The van der Waals surface area contributed by atoms with E-state index in [0.29, 0.717) is 10.2 Å². The lowest BCUT2D eigenvalue weighted by Gasteiger charge is -1.97. The number of esters is 1. The monoisotopic (exact) mass is 254 g/mol. The van der Waals surface area contributed by atoms with E-state index in [1.165, 1.54) is 0 Å². The topological polar surface area (TPSA) is 26.3 Å². The number of hydrogen-bond donors (Lipinski definition) is 0. The molecule has 0 radical (unpaired) electrons. The van der Waals surface area contributed by atoms with Crippen LogP contribution < -0.4 is 0 Å². The summed E-state index contributed by atoms with van der Waals surface area (Å²) >= 11 is 1.98. The van der Waals surface area contributed by atoms with Crippen LogP contribution in [0.15, 0.2) is 9.66 Å². The van der Waals surface area contributed by atoms with Crippen molar-refractivity contribution in [2.45, 2.75) is 20.3 Å². The van der Waals surface area contributed by atoms with Gasteiger partial charge in [0.15, 0.2) is 0 Å². The van der Waals surface area contributed by atoms with Gasteiger partial charge < -0.3 is 4.74 Å². The molecule has 0 aromatic rings. The summed E-state index contributed by atoms with van der Waals surface area (Å²) in [5, 5.41) is 0. The van der Waals surface area contributed by atoms with Crippen molar-refractivity contribution in [1.82, 2.24) is 0 Å². The predicted octanol–water partition coefficient (Wildman–Crippen LogP) is 2.28. The highest BCUT2D eigenvalue weighted by molar-refractivity contribution is 14.1. The molecule has 0 aliphatic rings. The van der Waals surface area contributed by atoms with Crippen molar-refractivity contribution in [3.8, 4) is 0 Å². The molecule has 0 spiro atoms. The van der Waals surface area contributed by atoms with Gasteiger partial charge in [0.2, 0.25) is 0 Å². The zero-order chi connectivity index (χ0) is 7.98. The van der Waals surface area contributed by atoms with Crippen LogP contribution >= 0.6 is 22.6 Å². The number of carbonyl (C=O) groups is 1. The van der Waals surface area contributed by atoms with Crippen molar-refractivity contribution in [3.05, 3.63) is 9.66 Å². The second-order valence-electron chi connectivity index (χ2n) is 1.68. The standard InChI is InChI=1S/C7H11IO2/c1-3-5-6(8)7(9)10-4-2/h5H,3-4H2,1-2H3/b6-5+. The van der Waals surface area contributed by atoms with Crippen LogP contribution in [0.1, 0.15) is 20.3 Å². The van der Waals surface area contributed by atoms with Crippen molar-refractivity contribution in [2.75, 3.05) is 6.61 Å². The molecule has 0 rings (SSSR count). The molecule has 2 nitrogen and oxygen atoms in total. The molecule has 3 heteroatoms. The third-order valence-electron chi connectivity index (χ3n) is 0.854. The van der Waals surface area contributed by atoms with Crippen LogP contribution in [-0.2, 0) is 9.53 Å². The second-order valence-corrected chi connectivity index (χ2v) is 2.84. The summed E-state index contributed by atoms with van der Waals surface area (Å²) < 4.78 is 5.41. The zero-order valence-electron chi connectivity index (χ0n) is 6.19. The average Bonchev–Trinajstić information content (AvgIpc) is 1.89. The van der Waals surface area contributed by atoms with E-state index < -0.39 is 0 Å². The van der Waals surface area contributed by atoms with Crippen molar-refractivity contribution in [3.63, 3.8) is 0 Å². The summed E-state index contributed by atoms with van der Waals surface area (Å²) in [7, 11) is 0. The van der Waals surface area contributed by atoms with E-state index in [1.54, 1.807) is 6.92 Å². The molecule has 0 atom stereocenters. The molecule has 0 aromatic carbocycles.